The van der Waals surface area contributed by atoms with E-state index in [4.69, 9.17) is 16.2 Å². The molecule has 50 heavy (non-hydrogen) atoms. The predicted molar refractivity (Wildman–Crippen MR) is 202 cm³/mol. The fourth-order valence-electron chi connectivity index (χ4n) is 5.77. The van der Waals surface area contributed by atoms with Gasteiger partial charge >= 0.3 is 0 Å². The van der Waals surface area contributed by atoms with Crippen molar-refractivity contribution in [2.45, 2.75) is 45.4 Å². The molecule has 0 saturated heterocycles. The number of rotatable bonds is 11. The third-order valence-corrected chi connectivity index (χ3v) is 9.62. The number of hydrogen-bond donors (Lipinski definition) is 3. The third-order valence-electron chi connectivity index (χ3n) is 8.67. The molecule has 258 valence electrons. The van der Waals surface area contributed by atoms with Crippen LogP contribution in [0.5, 0.6) is 0 Å². The third kappa shape index (κ3) is 9.69. The van der Waals surface area contributed by atoms with Gasteiger partial charge in [-0.25, -0.2) is 0 Å². The van der Waals surface area contributed by atoms with Crippen LogP contribution < -0.4 is 10.6 Å². The van der Waals surface area contributed by atoms with Crippen molar-refractivity contribution in [3.63, 3.8) is 0 Å². The molecule has 5 rings (SSSR count). The van der Waals surface area contributed by atoms with E-state index in [1.54, 1.807) is 24.3 Å². The van der Waals surface area contributed by atoms with Crippen molar-refractivity contribution in [1.82, 2.24) is 5.32 Å². The van der Waals surface area contributed by atoms with Gasteiger partial charge in [-0.05, 0) is 99.7 Å². The highest BCUT2D eigenvalue weighted by Crippen LogP contribution is 2.31. The zero-order chi connectivity index (χ0) is 36.1. The highest BCUT2D eigenvalue weighted by Gasteiger charge is 2.22. The van der Waals surface area contributed by atoms with Crippen LogP contribution in [0.15, 0.2) is 115 Å². The Morgan fingerprint density at radius 2 is 1.36 bits per heavy atom. The Bertz CT molecular complexity index is 2070. The van der Waals surface area contributed by atoms with Gasteiger partial charge in [-0.3, -0.25) is 14.1 Å². The molecule has 0 aliphatic rings. The highest BCUT2D eigenvalue weighted by molar-refractivity contribution is 7.85. The highest BCUT2D eigenvalue weighted by atomic mass is 35.5. The Balaban J connectivity index is 1.37. The fourth-order valence-corrected chi connectivity index (χ4v) is 6.36. The average Bonchev–Trinajstić information content (AvgIpc) is 3.07. The van der Waals surface area contributed by atoms with Gasteiger partial charge in [0.15, 0.2) is 0 Å². The van der Waals surface area contributed by atoms with Gasteiger partial charge in [0.05, 0.1) is 11.7 Å². The second-order valence-corrected chi connectivity index (χ2v) is 15.5. The number of nitrogens with one attached hydrogen (secondary N) is 2. The Labute approximate surface area is 299 Å². The van der Waals surface area contributed by atoms with E-state index >= 15 is 0 Å². The van der Waals surface area contributed by atoms with Crippen molar-refractivity contribution in [2.75, 3.05) is 17.6 Å². The Hall–Kier alpha value is -4.76. The molecule has 0 aromatic heterocycles. The van der Waals surface area contributed by atoms with Crippen LogP contribution >= 0.6 is 11.6 Å². The van der Waals surface area contributed by atoms with Crippen molar-refractivity contribution in [3.05, 3.63) is 148 Å². The summed E-state index contributed by atoms with van der Waals surface area (Å²) in [6, 6.07) is 36.9. The summed E-state index contributed by atoms with van der Waals surface area (Å²) in [5.74, 6) is -1.74. The summed E-state index contributed by atoms with van der Waals surface area (Å²) >= 11 is 6.15. The number of hydrogen-bond acceptors (Lipinski definition) is 4. The molecule has 0 aliphatic heterocycles. The quantitative estimate of drug-likeness (QED) is 0.119. The predicted octanol–water partition coefficient (Wildman–Crippen LogP) is 8.86. The second kappa shape index (κ2) is 15.4. The van der Waals surface area contributed by atoms with E-state index < -0.39 is 27.7 Å². The largest absolute Gasteiger partial charge is 0.351 e. The maximum absolute atomic E-state index is 14.0. The van der Waals surface area contributed by atoms with Gasteiger partial charge in [0.2, 0.25) is 5.91 Å². The Morgan fingerprint density at radius 3 is 1.92 bits per heavy atom. The minimum Gasteiger partial charge on any atom is -0.351 e. The SMILES string of the molecule is Cc1cc(Cl)ccc1-c1ccc(NC(=O)C(Cc2ccc(C(=O)NCCS(=O)(=O)O)cc2)c2ccc(-c3ccc(C(C)(C)C)cc3)cc2)cc1. The number of carbonyl (C=O) groups is 2. The first-order valence-electron chi connectivity index (χ1n) is 16.4. The number of aryl methyl sites for hydroxylation is 1. The lowest BCUT2D eigenvalue weighted by Crippen LogP contribution is -2.28. The smallest absolute Gasteiger partial charge is 0.266 e. The molecular formula is C41H41ClN2O5S. The van der Waals surface area contributed by atoms with E-state index in [1.807, 2.05) is 73.7 Å². The summed E-state index contributed by atoms with van der Waals surface area (Å²) in [5, 5.41) is 6.27. The van der Waals surface area contributed by atoms with Crippen LogP contribution in [0, 0.1) is 6.92 Å². The van der Waals surface area contributed by atoms with Gasteiger partial charge in [-0.15, -0.1) is 0 Å². The monoisotopic (exact) mass is 708 g/mol. The summed E-state index contributed by atoms with van der Waals surface area (Å²) in [6.07, 6.45) is 0.373. The Kier molecular flexibility index (Phi) is 11.3. The van der Waals surface area contributed by atoms with Crippen LogP contribution in [0.3, 0.4) is 0 Å². The van der Waals surface area contributed by atoms with E-state index in [1.165, 1.54) is 5.56 Å². The molecule has 1 atom stereocenters. The molecular weight excluding hydrogens is 668 g/mol. The van der Waals surface area contributed by atoms with E-state index in [2.05, 4.69) is 55.7 Å². The zero-order valence-electron chi connectivity index (χ0n) is 28.5. The van der Waals surface area contributed by atoms with Gasteiger partial charge in [-0.1, -0.05) is 111 Å². The number of carbonyl (C=O) groups excluding carboxylic acids is 2. The molecule has 0 spiro atoms. The van der Waals surface area contributed by atoms with Crippen molar-refractivity contribution in [3.8, 4) is 22.3 Å². The molecule has 0 fully saturated rings. The van der Waals surface area contributed by atoms with Gasteiger partial charge in [0.25, 0.3) is 16.0 Å². The molecule has 0 saturated carbocycles. The first-order chi connectivity index (χ1) is 23.7. The van der Waals surface area contributed by atoms with Gasteiger partial charge in [0, 0.05) is 22.8 Å². The average molecular weight is 709 g/mol. The van der Waals surface area contributed by atoms with Crippen molar-refractivity contribution < 1.29 is 22.6 Å². The van der Waals surface area contributed by atoms with Crippen molar-refractivity contribution in [2.24, 2.45) is 0 Å². The zero-order valence-corrected chi connectivity index (χ0v) is 30.1. The van der Waals surface area contributed by atoms with E-state index in [9.17, 15) is 18.0 Å². The minimum absolute atomic E-state index is 0.0587. The molecule has 1 unspecified atom stereocenters. The van der Waals surface area contributed by atoms with Crippen LogP contribution in [0.1, 0.15) is 59.3 Å². The molecule has 0 aliphatic carbocycles. The van der Waals surface area contributed by atoms with E-state index in [-0.39, 0.29) is 17.9 Å². The molecule has 5 aromatic carbocycles. The summed E-state index contributed by atoms with van der Waals surface area (Å²) in [4.78, 5) is 26.5. The maximum Gasteiger partial charge on any atom is 0.266 e. The van der Waals surface area contributed by atoms with Gasteiger partial charge in [-0.2, -0.15) is 8.42 Å². The number of anilines is 1. The molecule has 9 heteroatoms. The van der Waals surface area contributed by atoms with Crippen LogP contribution in [-0.4, -0.2) is 37.1 Å². The van der Waals surface area contributed by atoms with Crippen molar-refractivity contribution in [1.29, 1.82) is 0 Å². The van der Waals surface area contributed by atoms with Gasteiger partial charge in [0.1, 0.15) is 0 Å². The second-order valence-electron chi connectivity index (χ2n) is 13.5. The standard InChI is InChI=1S/C41H41ClN2O5S/c1-27-25-35(42)19-22-37(27)31-15-20-36(21-16-31)44-40(46)38(26-28-5-7-33(8-6-28)39(45)43-23-24-50(47,48)49)32-11-9-29(10-12-32)30-13-17-34(18-14-30)41(2,3)4/h5-22,25,38H,23-24,26H2,1-4H3,(H,43,45)(H,44,46)(H,47,48,49). The minimum atomic E-state index is -4.18. The summed E-state index contributed by atoms with van der Waals surface area (Å²) in [7, 11) is -4.18. The first kappa shape index (κ1) is 36.5. The number of benzene rings is 5. The van der Waals surface area contributed by atoms with Crippen molar-refractivity contribution >= 4 is 39.2 Å². The first-order valence-corrected chi connectivity index (χ1v) is 18.4. The summed E-state index contributed by atoms with van der Waals surface area (Å²) in [6.45, 7) is 8.36. The topological polar surface area (TPSA) is 113 Å². The number of halogens is 1. The normalized spacial score (nSPS) is 12.3. The lowest BCUT2D eigenvalue weighted by atomic mass is 9.86. The van der Waals surface area contributed by atoms with Crippen LogP contribution in [0.4, 0.5) is 5.69 Å². The molecule has 3 N–H and O–H groups in total. The lowest BCUT2D eigenvalue weighted by Gasteiger charge is -2.20. The summed E-state index contributed by atoms with van der Waals surface area (Å²) < 4.78 is 30.9. The number of amides is 2. The van der Waals surface area contributed by atoms with Crippen LogP contribution in [0.2, 0.25) is 5.02 Å². The van der Waals surface area contributed by atoms with Crippen LogP contribution in [-0.2, 0) is 26.7 Å². The molecule has 0 radical (unpaired) electrons. The molecule has 0 heterocycles. The van der Waals surface area contributed by atoms with Crippen LogP contribution in [0.25, 0.3) is 22.3 Å². The molecule has 5 aromatic rings. The Morgan fingerprint density at radius 1 is 0.780 bits per heavy atom. The summed E-state index contributed by atoms with van der Waals surface area (Å²) in [5.41, 5.74) is 9.29. The molecule has 0 bridgehead atoms. The lowest BCUT2D eigenvalue weighted by molar-refractivity contribution is -0.117. The van der Waals surface area contributed by atoms with Gasteiger partial charge < -0.3 is 10.6 Å². The fraction of sp³-hybridized carbons (Fsp3) is 0.220. The maximum atomic E-state index is 14.0. The molecule has 2 amide bonds. The van der Waals surface area contributed by atoms with E-state index in [0.717, 1.165) is 38.9 Å². The van der Waals surface area contributed by atoms with E-state index in [0.29, 0.717) is 22.7 Å². The molecule has 7 nitrogen and oxygen atoms in total.